The summed E-state index contributed by atoms with van der Waals surface area (Å²) in [5, 5.41) is 9.44. The van der Waals surface area contributed by atoms with Crippen LogP contribution in [0.15, 0.2) is 24.3 Å². The molecule has 0 saturated carbocycles. The molecule has 0 spiro atoms. The summed E-state index contributed by atoms with van der Waals surface area (Å²) >= 11 is 0. The van der Waals surface area contributed by atoms with E-state index in [0.29, 0.717) is 37.2 Å². The zero-order valence-electron chi connectivity index (χ0n) is 14.1. The number of anilines is 1. The Hall–Kier alpha value is -2.09. The molecule has 2 aliphatic rings. The molecule has 0 aliphatic carbocycles. The summed E-state index contributed by atoms with van der Waals surface area (Å²) in [6, 6.07) is 5.61. The smallest absolute Gasteiger partial charge is 0.326 e. The van der Waals surface area contributed by atoms with Crippen LogP contribution in [0, 0.1) is 5.92 Å². The molecule has 136 valence electrons. The summed E-state index contributed by atoms with van der Waals surface area (Å²) in [4.78, 5) is 25.8. The van der Waals surface area contributed by atoms with Gasteiger partial charge in [0.05, 0.1) is 11.4 Å². The monoisotopic (exact) mass is 366 g/mol. The van der Waals surface area contributed by atoms with Gasteiger partial charge in [0.15, 0.2) is 0 Å². The molecule has 7 nitrogen and oxygen atoms in total. The van der Waals surface area contributed by atoms with Crippen molar-refractivity contribution in [1.29, 1.82) is 0 Å². The third-order valence-corrected chi connectivity index (χ3v) is 6.76. The molecule has 8 heteroatoms. The van der Waals surface area contributed by atoms with Gasteiger partial charge in [-0.25, -0.2) is 13.2 Å². The summed E-state index contributed by atoms with van der Waals surface area (Å²) < 4.78 is 25.5. The van der Waals surface area contributed by atoms with Crippen LogP contribution in [-0.4, -0.2) is 55.2 Å². The Kier molecular flexibility index (Phi) is 4.73. The van der Waals surface area contributed by atoms with Gasteiger partial charge in [-0.15, -0.1) is 0 Å². The molecule has 1 amide bonds. The van der Waals surface area contributed by atoms with Crippen LogP contribution in [0.5, 0.6) is 0 Å². The first-order chi connectivity index (χ1) is 11.8. The molecule has 1 aromatic carbocycles. The van der Waals surface area contributed by atoms with E-state index >= 15 is 0 Å². The molecule has 2 unspecified atom stereocenters. The molecule has 0 radical (unpaired) electrons. The Bertz CT molecular complexity index is 792. The van der Waals surface area contributed by atoms with E-state index in [1.54, 1.807) is 24.3 Å². The second-order valence-corrected chi connectivity index (χ2v) is 8.79. The van der Waals surface area contributed by atoms with Crippen molar-refractivity contribution >= 4 is 27.6 Å². The minimum atomic E-state index is -3.32. The summed E-state index contributed by atoms with van der Waals surface area (Å²) in [6.45, 7) is 2.78. The zero-order valence-corrected chi connectivity index (χ0v) is 14.9. The molecular weight excluding hydrogens is 344 g/mol. The summed E-state index contributed by atoms with van der Waals surface area (Å²) in [7, 11) is -3.32. The van der Waals surface area contributed by atoms with E-state index in [0.717, 1.165) is 6.42 Å². The first-order valence-electron chi connectivity index (χ1n) is 8.44. The van der Waals surface area contributed by atoms with E-state index in [4.69, 9.17) is 0 Å². The predicted octanol–water partition coefficient (Wildman–Crippen LogP) is 1.55. The van der Waals surface area contributed by atoms with Crippen LogP contribution in [0.4, 0.5) is 5.69 Å². The first kappa shape index (κ1) is 17.7. The average Bonchev–Trinajstić information content (AvgIpc) is 2.93. The highest BCUT2D eigenvalue weighted by molar-refractivity contribution is 7.93. The maximum atomic E-state index is 12.8. The highest BCUT2D eigenvalue weighted by Gasteiger charge is 2.35. The topological polar surface area (TPSA) is 95.0 Å². The van der Waals surface area contributed by atoms with E-state index in [9.17, 15) is 23.1 Å². The molecule has 2 aliphatic heterocycles. The largest absolute Gasteiger partial charge is 0.480 e. The SMILES string of the molecule is CC1CCN(C(=O)c2cccc(N3CCCS3(=O)=O)c2)C(C(=O)O)C1. The van der Waals surface area contributed by atoms with Crippen molar-refractivity contribution in [3.8, 4) is 0 Å². The van der Waals surface area contributed by atoms with Crippen LogP contribution in [0.1, 0.15) is 36.5 Å². The van der Waals surface area contributed by atoms with Gasteiger partial charge in [-0.1, -0.05) is 13.0 Å². The summed E-state index contributed by atoms with van der Waals surface area (Å²) in [6.07, 6.45) is 1.75. The highest BCUT2D eigenvalue weighted by Crippen LogP contribution is 2.28. The lowest BCUT2D eigenvalue weighted by atomic mass is 9.92. The van der Waals surface area contributed by atoms with Gasteiger partial charge >= 0.3 is 5.97 Å². The van der Waals surface area contributed by atoms with Crippen LogP contribution in [-0.2, 0) is 14.8 Å². The number of aliphatic carboxylic acids is 1. The molecular formula is C17H22N2O5S. The van der Waals surface area contributed by atoms with Crippen molar-refractivity contribution < 1.29 is 23.1 Å². The maximum Gasteiger partial charge on any atom is 0.326 e. The van der Waals surface area contributed by atoms with Gasteiger partial charge in [-0.05, 0) is 43.4 Å². The van der Waals surface area contributed by atoms with E-state index in [1.165, 1.54) is 9.21 Å². The molecule has 1 aromatic rings. The van der Waals surface area contributed by atoms with Crippen molar-refractivity contribution in [2.24, 2.45) is 5.92 Å². The number of nitrogens with zero attached hydrogens (tertiary/aromatic N) is 2. The number of carboxylic acids is 1. The van der Waals surface area contributed by atoms with Crippen molar-refractivity contribution in [2.45, 2.75) is 32.2 Å². The number of carboxylic acid groups (broad SMARTS) is 1. The van der Waals surface area contributed by atoms with Crippen molar-refractivity contribution in [3.63, 3.8) is 0 Å². The highest BCUT2D eigenvalue weighted by atomic mass is 32.2. The van der Waals surface area contributed by atoms with Gasteiger partial charge in [-0.2, -0.15) is 0 Å². The van der Waals surface area contributed by atoms with Crippen LogP contribution in [0.2, 0.25) is 0 Å². The van der Waals surface area contributed by atoms with E-state index in [-0.39, 0.29) is 17.6 Å². The van der Waals surface area contributed by atoms with E-state index in [1.807, 2.05) is 6.92 Å². The molecule has 2 heterocycles. The molecule has 0 aromatic heterocycles. The number of rotatable bonds is 3. The van der Waals surface area contributed by atoms with Crippen LogP contribution < -0.4 is 4.31 Å². The van der Waals surface area contributed by atoms with E-state index < -0.39 is 22.0 Å². The van der Waals surface area contributed by atoms with Gasteiger partial charge < -0.3 is 10.0 Å². The van der Waals surface area contributed by atoms with Crippen molar-refractivity contribution in [2.75, 3.05) is 23.1 Å². The van der Waals surface area contributed by atoms with Crippen LogP contribution >= 0.6 is 0 Å². The third kappa shape index (κ3) is 3.49. The third-order valence-electron chi connectivity index (χ3n) is 4.89. The lowest BCUT2D eigenvalue weighted by Crippen LogP contribution is -2.49. The van der Waals surface area contributed by atoms with Crippen molar-refractivity contribution in [3.05, 3.63) is 29.8 Å². The fourth-order valence-corrected chi connectivity index (χ4v) is 5.06. The van der Waals surface area contributed by atoms with Gasteiger partial charge in [-0.3, -0.25) is 9.10 Å². The lowest BCUT2D eigenvalue weighted by molar-refractivity contribution is -0.144. The number of benzene rings is 1. The first-order valence-corrected chi connectivity index (χ1v) is 10.0. The Balaban J connectivity index is 1.87. The molecule has 0 bridgehead atoms. The Morgan fingerprint density at radius 3 is 2.64 bits per heavy atom. The van der Waals surface area contributed by atoms with Gasteiger partial charge in [0.1, 0.15) is 6.04 Å². The molecule has 2 fully saturated rings. The fraction of sp³-hybridized carbons (Fsp3) is 0.529. The molecule has 2 atom stereocenters. The minimum Gasteiger partial charge on any atom is -0.480 e. The predicted molar refractivity (Wildman–Crippen MR) is 93.1 cm³/mol. The van der Waals surface area contributed by atoms with Crippen LogP contribution in [0.25, 0.3) is 0 Å². The van der Waals surface area contributed by atoms with E-state index in [2.05, 4.69) is 0 Å². The Morgan fingerprint density at radius 1 is 1.24 bits per heavy atom. The second kappa shape index (κ2) is 6.67. The fourth-order valence-electron chi connectivity index (χ4n) is 3.51. The Labute approximate surface area is 147 Å². The van der Waals surface area contributed by atoms with Gasteiger partial charge in [0.2, 0.25) is 10.0 Å². The average molecular weight is 366 g/mol. The molecule has 3 rings (SSSR count). The lowest BCUT2D eigenvalue weighted by Gasteiger charge is -2.36. The number of sulfonamides is 1. The maximum absolute atomic E-state index is 12.8. The number of likely N-dealkylation sites (tertiary alicyclic amines) is 1. The quantitative estimate of drug-likeness (QED) is 0.876. The summed E-state index contributed by atoms with van der Waals surface area (Å²) in [5.41, 5.74) is 0.779. The van der Waals surface area contributed by atoms with Crippen molar-refractivity contribution in [1.82, 2.24) is 4.90 Å². The Morgan fingerprint density at radius 2 is 2.00 bits per heavy atom. The number of carbonyl (C=O) groups is 2. The number of carbonyl (C=O) groups excluding carboxylic acids is 1. The number of hydrogen-bond donors (Lipinski definition) is 1. The second-order valence-electron chi connectivity index (χ2n) is 6.77. The number of piperidine rings is 1. The van der Waals surface area contributed by atoms with Gasteiger partial charge in [0, 0.05) is 18.7 Å². The minimum absolute atomic E-state index is 0.107. The standard InChI is InChI=1S/C17H22N2O5S/c1-12-6-8-18(15(10-12)17(21)22)16(20)13-4-2-5-14(11-13)19-7-3-9-25(19,23)24/h2,4-5,11-12,15H,3,6-10H2,1H3,(H,21,22). The summed E-state index contributed by atoms with van der Waals surface area (Å²) in [5.74, 6) is -1.00. The molecule has 1 N–H and O–H groups in total. The zero-order chi connectivity index (χ0) is 18.2. The molecule has 25 heavy (non-hydrogen) atoms. The normalized spacial score (nSPS) is 25.8. The van der Waals surface area contributed by atoms with Gasteiger partial charge in [0.25, 0.3) is 5.91 Å². The number of amides is 1. The molecule has 2 saturated heterocycles. The number of hydrogen-bond acceptors (Lipinski definition) is 4. The van der Waals surface area contributed by atoms with Crippen LogP contribution in [0.3, 0.4) is 0 Å².